The second-order valence-corrected chi connectivity index (χ2v) is 8.24. The second-order valence-electron chi connectivity index (χ2n) is 7.80. The molecule has 4 rings (SSSR count). The Kier molecular flexibility index (Phi) is 7.18. The quantitative estimate of drug-likeness (QED) is 0.740. The number of nitrogens with zero attached hydrogens (tertiary/aromatic N) is 4. The minimum absolute atomic E-state index is 0. The molecule has 1 aromatic carbocycles. The van der Waals surface area contributed by atoms with Gasteiger partial charge < -0.3 is 20.6 Å². The monoisotopic (exact) mass is 451 g/mol. The lowest BCUT2D eigenvalue weighted by Crippen LogP contribution is -2.51. The van der Waals surface area contributed by atoms with Gasteiger partial charge in [-0.05, 0) is 30.0 Å². The third kappa shape index (κ3) is 4.25. The van der Waals surface area contributed by atoms with Gasteiger partial charge in [0.25, 0.3) is 0 Å². The SMILES string of the molecule is C[C@@H]1C[C@@H](O)c2ncnc(N3CCN(C(=O)[C@H](CN)c4ccc(Cl)cc4)CC3)c21.Cl. The molecular formula is C21H27Cl2N5O2. The van der Waals surface area contributed by atoms with Crippen LogP contribution in [0.15, 0.2) is 30.6 Å². The van der Waals surface area contributed by atoms with Gasteiger partial charge in [-0.15, -0.1) is 12.4 Å². The van der Waals surface area contributed by atoms with E-state index < -0.39 is 6.10 Å². The first kappa shape index (κ1) is 22.7. The first-order valence-electron chi connectivity index (χ1n) is 10.0. The number of carbonyl (C=O) groups excluding carboxylic acids is 1. The zero-order valence-electron chi connectivity index (χ0n) is 16.9. The lowest BCUT2D eigenvalue weighted by molar-refractivity contribution is -0.132. The number of aliphatic hydroxyl groups is 1. The van der Waals surface area contributed by atoms with Crippen LogP contribution in [0, 0.1) is 0 Å². The van der Waals surface area contributed by atoms with Crippen molar-refractivity contribution in [1.82, 2.24) is 14.9 Å². The normalized spacial score (nSPS) is 21.7. The lowest BCUT2D eigenvalue weighted by atomic mass is 9.97. The Morgan fingerprint density at radius 3 is 2.53 bits per heavy atom. The number of amides is 1. The van der Waals surface area contributed by atoms with Gasteiger partial charge in [0.05, 0.1) is 17.7 Å². The molecule has 1 fully saturated rings. The van der Waals surface area contributed by atoms with E-state index in [4.69, 9.17) is 17.3 Å². The van der Waals surface area contributed by atoms with Gasteiger partial charge >= 0.3 is 0 Å². The first-order chi connectivity index (χ1) is 14.0. The topological polar surface area (TPSA) is 95.6 Å². The summed E-state index contributed by atoms with van der Waals surface area (Å²) in [6.07, 6.45) is 1.69. The molecule has 2 heterocycles. The number of benzene rings is 1. The van der Waals surface area contributed by atoms with E-state index in [1.165, 1.54) is 6.33 Å². The Labute approximate surface area is 187 Å². The molecule has 0 unspecified atom stereocenters. The third-order valence-corrected chi connectivity index (χ3v) is 6.23. The lowest BCUT2D eigenvalue weighted by Gasteiger charge is -2.37. The van der Waals surface area contributed by atoms with Crippen LogP contribution in [-0.4, -0.2) is 58.6 Å². The molecule has 3 N–H and O–H groups in total. The van der Waals surface area contributed by atoms with E-state index in [9.17, 15) is 9.90 Å². The highest BCUT2D eigenvalue weighted by Gasteiger charge is 2.34. The van der Waals surface area contributed by atoms with Crippen LogP contribution in [0.2, 0.25) is 5.02 Å². The number of anilines is 1. The van der Waals surface area contributed by atoms with Gasteiger partial charge in [0, 0.05) is 43.3 Å². The summed E-state index contributed by atoms with van der Waals surface area (Å²) in [5.74, 6) is 0.796. The van der Waals surface area contributed by atoms with E-state index in [0.29, 0.717) is 37.6 Å². The van der Waals surface area contributed by atoms with Crippen molar-refractivity contribution in [1.29, 1.82) is 0 Å². The van der Waals surface area contributed by atoms with Gasteiger partial charge in [0.15, 0.2) is 0 Å². The second kappa shape index (κ2) is 9.47. The Morgan fingerprint density at radius 1 is 1.23 bits per heavy atom. The average Bonchev–Trinajstić information content (AvgIpc) is 3.04. The molecule has 162 valence electrons. The van der Waals surface area contributed by atoms with Gasteiger partial charge in [0.1, 0.15) is 12.1 Å². The average molecular weight is 452 g/mol. The molecule has 30 heavy (non-hydrogen) atoms. The fourth-order valence-corrected chi connectivity index (χ4v) is 4.51. The van der Waals surface area contributed by atoms with Crippen molar-refractivity contribution in [2.45, 2.75) is 31.3 Å². The molecule has 0 spiro atoms. The van der Waals surface area contributed by atoms with Crippen molar-refractivity contribution in [3.8, 4) is 0 Å². The van der Waals surface area contributed by atoms with E-state index in [2.05, 4.69) is 21.8 Å². The summed E-state index contributed by atoms with van der Waals surface area (Å²) in [5.41, 5.74) is 8.60. The van der Waals surface area contributed by atoms with Gasteiger partial charge in [-0.25, -0.2) is 9.97 Å². The van der Waals surface area contributed by atoms with Crippen molar-refractivity contribution >= 4 is 35.7 Å². The number of halogens is 2. The van der Waals surface area contributed by atoms with Crippen LogP contribution in [0.5, 0.6) is 0 Å². The number of aromatic nitrogens is 2. The molecule has 0 bridgehead atoms. The highest BCUT2D eigenvalue weighted by molar-refractivity contribution is 6.30. The highest BCUT2D eigenvalue weighted by atomic mass is 35.5. The molecule has 0 radical (unpaired) electrons. The van der Waals surface area contributed by atoms with Crippen molar-refractivity contribution in [2.75, 3.05) is 37.6 Å². The molecule has 0 saturated carbocycles. The minimum Gasteiger partial charge on any atom is -0.387 e. The smallest absolute Gasteiger partial charge is 0.231 e. The highest BCUT2D eigenvalue weighted by Crippen LogP contribution is 2.42. The Hall–Kier alpha value is -1.93. The van der Waals surface area contributed by atoms with E-state index in [1.807, 2.05) is 17.0 Å². The fraction of sp³-hybridized carbons (Fsp3) is 0.476. The van der Waals surface area contributed by atoms with Crippen molar-refractivity contribution in [3.63, 3.8) is 0 Å². The largest absolute Gasteiger partial charge is 0.387 e. The van der Waals surface area contributed by atoms with E-state index in [0.717, 1.165) is 22.6 Å². The van der Waals surface area contributed by atoms with Crippen LogP contribution in [0.4, 0.5) is 5.82 Å². The van der Waals surface area contributed by atoms with Crippen molar-refractivity contribution in [2.24, 2.45) is 5.73 Å². The van der Waals surface area contributed by atoms with Crippen LogP contribution in [0.1, 0.15) is 48.1 Å². The zero-order valence-corrected chi connectivity index (χ0v) is 18.4. The summed E-state index contributed by atoms with van der Waals surface area (Å²) in [6.45, 7) is 4.96. The standard InChI is InChI=1S/C21H26ClN5O2.ClH/c1-13-10-17(28)19-18(13)20(25-12-24-19)26-6-8-27(9-7-26)21(29)16(11-23)14-2-4-15(22)5-3-14;/h2-5,12-13,16-17,28H,6-11,23H2,1H3;1H/t13-,16-,17-;/m1./s1. The van der Waals surface area contributed by atoms with Crippen LogP contribution in [0.3, 0.4) is 0 Å². The molecule has 1 aliphatic carbocycles. The molecule has 1 aliphatic heterocycles. The first-order valence-corrected chi connectivity index (χ1v) is 10.4. The summed E-state index contributed by atoms with van der Waals surface area (Å²) < 4.78 is 0. The number of fused-ring (bicyclic) bond motifs is 1. The number of aliphatic hydroxyl groups excluding tert-OH is 1. The summed E-state index contributed by atoms with van der Waals surface area (Å²) in [5, 5.41) is 10.9. The molecule has 1 aromatic heterocycles. The van der Waals surface area contributed by atoms with E-state index in [1.54, 1.807) is 12.1 Å². The number of piperazine rings is 1. The Morgan fingerprint density at radius 2 is 1.90 bits per heavy atom. The maximum atomic E-state index is 13.1. The Bertz CT molecular complexity index is 887. The van der Waals surface area contributed by atoms with Crippen LogP contribution >= 0.6 is 24.0 Å². The summed E-state index contributed by atoms with van der Waals surface area (Å²) >= 11 is 5.96. The molecular weight excluding hydrogens is 425 g/mol. The maximum absolute atomic E-state index is 13.1. The molecule has 2 aliphatic rings. The maximum Gasteiger partial charge on any atom is 0.231 e. The van der Waals surface area contributed by atoms with Gasteiger partial charge in [0.2, 0.25) is 5.91 Å². The molecule has 1 saturated heterocycles. The van der Waals surface area contributed by atoms with Crippen LogP contribution in [0.25, 0.3) is 0 Å². The van der Waals surface area contributed by atoms with Gasteiger partial charge in [-0.3, -0.25) is 4.79 Å². The van der Waals surface area contributed by atoms with Gasteiger partial charge in [-0.1, -0.05) is 30.7 Å². The fourth-order valence-electron chi connectivity index (χ4n) is 4.39. The molecule has 7 nitrogen and oxygen atoms in total. The Balaban J connectivity index is 0.00000256. The number of nitrogens with two attached hydrogens (primary N) is 1. The number of hydrogen-bond donors (Lipinski definition) is 2. The number of carbonyl (C=O) groups is 1. The third-order valence-electron chi connectivity index (χ3n) is 5.98. The molecule has 3 atom stereocenters. The number of rotatable bonds is 4. The summed E-state index contributed by atoms with van der Waals surface area (Å²) in [7, 11) is 0. The zero-order chi connectivity index (χ0) is 20.5. The summed E-state index contributed by atoms with van der Waals surface area (Å²) in [6, 6.07) is 7.31. The molecule has 2 aromatic rings. The van der Waals surface area contributed by atoms with Crippen LogP contribution < -0.4 is 10.6 Å². The predicted molar refractivity (Wildman–Crippen MR) is 119 cm³/mol. The van der Waals surface area contributed by atoms with Crippen molar-refractivity contribution in [3.05, 3.63) is 52.4 Å². The summed E-state index contributed by atoms with van der Waals surface area (Å²) in [4.78, 5) is 25.9. The van der Waals surface area contributed by atoms with E-state index in [-0.39, 0.29) is 36.7 Å². The molecule has 9 heteroatoms. The van der Waals surface area contributed by atoms with Gasteiger partial charge in [-0.2, -0.15) is 0 Å². The van der Waals surface area contributed by atoms with Crippen molar-refractivity contribution < 1.29 is 9.90 Å². The predicted octanol–water partition coefficient (Wildman–Crippen LogP) is 2.48. The van der Waals surface area contributed by atoms with Crippen LogP contribution in [-0.2, 0) is 4.79 Å². The minimum atomic E-state index is -0.519. The molecule has 1 amide bonds. The van der Waals surface area contributed by atoms with E-state index >= 15 is 0 Å². The number of hydrogen-bond acceptors (Lipinski definition) is 6.